The molecule has 0 bridgehead atoms. The van der Waals surface area contributed by atoms with Crippen LogP contribution in [-0.4, -0.2) is 36.0 Å². The number of alkyl carbamates (subject to hydrolysis) is 1. The van der Waals surface area contributed by atoms with Crippen molar-refractivity contribution in [2.45, 2.75) is 58.5 Å². The van der Waals surface area contributed by atoms with Crippen molar-refractivity contribution in [2.24, 2.45) is 7.05 Å². The molecule has 11 nitrogen and oxygen atoms in total. The van der Waals surface area contributed by atoms with Crippen LogP contribution in [0, 0.1) is 0 Å². The van der Waals surface area contributed by atoms with Crippen molar-refractivity contribution < 1.29 is 27.2 Å². The van der Waals surface area contributed by atoms with Gasteiger partial charge in [0.05, 0.1) is 5.39 Å². The number of nitrogens with one attached hydrogen (secondary N) is 1. The first-order valence-electron chi connectivity index (χ1n) is 10.0. The van der Waals surface area contributed by atoms with E-state index in [4.69, 9.17) is 9.26 Å². The number of hydrogen-bond acceptors (Lipinski definition) is 8. The van der Waals surface area contributed by atoms with Gasteiger partial charge in [-0.15, -0.1) is 0 Å². The normalized spacial score (nSPS) is 12.7. The molecule has 0 unspecified atom stereocenters. The van der Waals surface area contributed by atoms with E-state index in [9.17, 15) is 27.6 Å². The summed E-state index contributed by atoms with van der Waals surface area (Å²) in [5.41, 5.74) is -5.28. The molecule has 1 amide bonds. The third kappa shape index (κ3) is 5.10. The zero-order valence-corrected chi connectivity index (χ0v) is 19.3. The van der Waals surface area contributed by atoms with Crippen LogP contribution in [0.4, 0.5) is 18.0 Å². The minimum atomic E-state index is -4.74. The summed E-state index contributed by atoms with van der Waals surface area (Å²) in [6.45, 7) is 7.85. The van der Waals surface area contributed by atoms with Gasteiger partial charge in [0.1, 0.15) is 29.0 Å². The van der Waals surface area contributed by atoms with Gasteiger partial charge in [-0.25, -0.2) is 14.6 Å². The Hall–Kier alpha value is -3.71. The molecule has 0 aliphatic heterocycles. The van der Waals surface area contributed by atoms with E-state index in [1.54, 1.807) is 34.6 Å². The molecular weight excluding hydrogens is 461 g/mol. The van der Waals surface area contributed by atoms with Crippen LogP contribution >= 0.6 is 0 Å². The van der Waals surface area contributed by atoms with Gasteiger partial charge in [-0.3, -0.25) is 13.9 Å². The number of nitrogens with zero attached hydrogens (tertiary/aromatic N) is 5. The Morgan fingerprint density at radius 3 is 2.35 bits per heavy atom. The highest BCUT2D eigenvalue weighted by atomic mass is 19.4. The smallest absolute Gasteiger partial charge is 0.433 e. The fourth-order valence-electron chi connectivity index (χ4n) is 3.00. The van der Waals surface area contributed by atoms with Crippen molar-refractivity contribution in [2.75, 3.05) is 0 Å². The Morgan fingerprint density at radius 1 is 1.12 bits per heavy atom. The molecule has 14 heteroatoms. The second-order valence-corrected chi connectivity index (χ2v) is 9.06. The molecule has 0 aliphatic rings. The predicted octanol–water partition coefficient (Wildman–Crippen LogP) is 2.31. The number of hydrogen-bond donors (Lipinski definition) is 1. The lowest BCUT2D eigenvalue weighted by atomic mass is 10.1. The number of ether oxygens (including phenoxy) is 1. The molecule has 3 aromatic rings. The Labute approximate surface area is 190 Å². The highest BCUT2D eigenvalue weighted by Gasteiger charge is 2.34. The van der Waals surface area contributed by atoms with Gasteiger partial charge >= 0.3 is 18.0 Å². The maximum Gasteiger partial charge on any atom is 0.433 e. The number of pyridine rings is 1. The second kappa shape index (κ2) is 8.25. The molecule has 0 fully saturated rings. The third-order valence-electron chi connectivity index (χ3n) is 4.61. The molecule has 0 aliphatic carbocycles. The van der Waals surface area contributed by atoms with E-state index >= 15 is 0 Å². The van der Waals surface area contributed by atoms with E-state index in [1.165, 1.54) is 7.05 Å². The molecule has 184 valence electrons. The van der Waals surface area contributed by atoms with Crippen LogP contribution in [0.5, 0.6) is 0 Å². The average molecular weight is 484 g/mol. The van der Waals surface area contributed by atoms with Crippen LogP contribution in [0.15, 0.2) is 26.2 Å². The molecule has 0 saturated heterocycles. The summed E-state index contributed by atoms with van der Waals surface area (Å²) in [7, 11) is 1.20. The van der Waals surface area contributed by atoms with Gasteiger partial charge in [-0.05, 0) is 46.8 Å². The third-order valence-corrected chi connectivity index (χ3v) is 4.61. The number of aromatic nitrogens is 5. The SMILES string of the molecule is Cn1c(=O)n(Cc2nc(C(C)(C)NC(=O)OC(C)(C)C)no2)c(=O)c2ccc(C(F)(F)F)nc21. The maximum absolute atomic E-state index is 13.0. The average Bonchev–Trinajstić information content (AvgIpc) is 3.16. The van der Waals surface area contributed by atoms with Crippen LogP contribution in [0.3, 0.4) is 0 Å². The number of halogens is 3. The van der Waals surface area contributed by atoms with E-state index in [2.05, 4.69) is 20.4 Å². The zero-order chi connectivity index (χ0) is 25.6. The molecule has 3 rings (SSSR count). The van der Waals surface area contributed by atoms with E-state index in [-0.39, 0.29) is 17.1 Å². The summed E-state index contributed by atoms with van der Waals surface area (Å²) in [5, 5.41) is 6.20. The van der Waals surface area contributed by atoms with Gasteiger partial charge in [0.2, 0.25) is 5.89 Å². The molecule has 3 heterocycles. The van der Waals surface area contributed by atoms with E-state index < -0.39 is 52.5 Å². The molecule has 0 aromatic carbocycles. The lowest BCUT2D eigenvalue weighted by molar-refractivity contribution is -0.141. The number of rotatable bonds is 4. The van der Waals surface area contributed by atoms with Crippen molar-refractivity contribution in [1.82, 2.24) is 29.6 Å². The first-order valence-corrected chi connectivity index (χ1v) is 10.0. The second-order valence-electron chi connectivity index (χ2n) is 9.06. The van der Waals surface area contributed by atoms with Gasteiger partial charge in [0.15, 0.2) is 5.82 Å². The monoisotopic (exact) mass is 484 g/mol. The van der Waals surface area contributed by atoms with E-state index in [1.807, 2.05) is 0 Å². The minimum Gasteiger partial charge on any atom is -0.444 e. The fraction of sp³-hybridized carbons (Fsp3) is 0.500. The van der Waals surface area contributed by atoms with Crippen LogP contribution in [0.25, 0.3) is 11.0 Å². The molecule has 0 radical (unpaired) electrons. The molecule has 0 spiro atoms. The van der Waals surface area contributed by atoms with Crippen molar-refractivity contribution in [3.63, 3.8) is 0 Å². The Balaban J connectivity index is 1.93. The van der Waals surface area contributed by atoms with Gasteiger partial charge in [-0.2, -0.15) is 18.2 Å². The topological polar surface area (TPSA) is 134 Å². The number of alkyl halides is 3. The highest BCUT2D eigenvalue weighted by Crippen LogP contribution is 2.28. The molecule has 0 atom stereocenters. The van der Waals surface area contributed by atoms with Gasteiger partial charge in [0.25, 0.3) is 5.56 Å². The summed E-state index contributed by atoms with van der Waals surface area (Å²) >= 11 is 0. The predicted molar refractivity (Wildman–Crippen MR) is 112 cm³/mol. The number of carbonyl (C=O) groups excluding carboxylic acids is 1. The molecular formula is C20H23F3N6O5. The number of aryl methyl sites for hydroxylation is 1. The molecule has 0 saturated carbocycles. The lowest BCUT2D eigenvalue weighted by Gasteiger charge is -2.26. The van der Waals surface area contributed by atoms with Crippen molar-refractivity contribution in [3.8, 4) is 0 Å². The van der Waals surface area contributed by atoms with E-state index in [0.717, 1.165) is 15.2 Å². The highest BCUT2D eigenvalue weighted by molar-refractivity contribution is 5.74. The molecule has 34 heavy (non-hydrogen) atoms. The molecule has 1 N–H and O–H groups in total. The summed E-state index contributed by atoms with van der Waals surface area (Å²) in [6.07, 6.45) is -5.45. The van der Waals surface area contributed by atoms with Gasteiger partial charge in [-0.1, -0.05) is 5.16 Å². The first kappa shape index (κ1) is 24.9. The Morgan fingerprint density at radius 2 is 1.76 bits per heavy atom. The Kier molecular flexibility index (Phi) is 6.05. The number of fused-ring (bicyclic) bond motifs is 1. The summed E-state index contributed by atoms with van der Waals surface area (Å²) in [5.74, 6) is -0.0806. The maximum atomic E-state index is 13.0. The van der Waals surface area contributed by atoms with Crippen LogP contribution in [0.2, 0.25) is 0 Å². The van der Waals surface area contributed by atoms with Crippen LogP contribution < -0.4 is 16.6 Å². The van der Waals surface area contributed by atoms with Crippen molar-refractivity contribution in [3.05, 3.63) is 50.4 Å². The summed E-state index contributed by atoms with van der Waals surface area (Å²) < 4.78 is 50.9. The Bertz CT molecular complexity index is 1360. The largest absolute Gasteiger partial charge is 0.444 e. The van der Waals surface area contributed by atoms with Crippen molar-refractivity contribution >= 4 is 17.1 Å². The zero-order valence-electron chi connectivity index (χ0n) is 19.3. The summed E-state index contributed by atoms with van der Waals surface area (Å²) in [6, 6.07) is 1.62. The summed E-state index contributed by atoms with van der Waals surface area (Å²) in [4.78, 5) is 45.2. The van der Waals surface area contributed by atoms with Gasteiger partial charge < -0.3 is 14.6 Å². The van der Waals surface area contributed by atoms with Crippen LogP contribution in [0.1, 0.15) is 52.0 Å². The number of carbonyl (C=O) groups is 1. The fourth-order valence-corrected chi connectivity index (χ4v) is 3.00. The quantitative estimate of drug-likeness (QED) is 0.596. The lowest BCUT2D eigenvalue weighted by Crippen LogP contribution is -2.44. The number of amides is 1. The minimum absolute atomic E-state index is 0.0514. The van der Waals surface area contributed by atoms with E-state index in [0.29, 0.717) is 6.07 Å². The van der Waals surface area contributed by atoms with Crippen molar-refractivity contribution in [1.29, 1.82) is 0 Å². The van der Waals surface area contributed by atoms with Gasteiger partial charge in [0, 0.05) is 7.05 Å². The molecule has 3 aromatic heterocycles. The first-order chi connectivity index (χ1) is 15.5. The van der Waals surface area contributed by atoms with Crippen LogP contribution in [-0.2, 0) is 30.0 Å². The standard InChI is InChI=1S/C20H23F3N6O5/c1-18(2,3)33-16(31)26-19(4,5)15-25-12(34-27-15)9-29-14(30)10-7-8-11(20(21,22)23)24-13(10)28(6)17(29)32/h7-8H,9H2,1-6H3,(H,26,31).